The summed E-state index contributed by atoms with van der Waals surface area (Å²) in [6.07, 6.45) is 17.2. The maximum atomic E-state index is 3.94. The molecule has 2 atom stereocenters. The number of allylic oxidation sites excluding steroid dienone is 10. The molecule has 208 valence electrons. The summed E-state index contributed by atoms with van der Waals surface area (Å²) in [4.78, 5) is 2.54. The Bertz CT molecular complexity index is 1610. The summed E-state index contributed by atoms with van der Waals surface area (Å²) in [7, 11) is 0. The lowest BCUT2D eigenvalue weighted by Crippen LogP contribution is -2.40. The number of hydrogen-bond donors (Lipinski definition) is 1. The summed E-state index contributed by atoms with van der Waals surface area (Å²) in [5.74, 6) is 0. The van der Waals surface area contributed by atoms with Crippen molar-refractivity contribution in [2.45, 2.75) is 59.2 Å². The van der Waals surface area contributed by atoms with E-state index >= 15 is 0 Å². The van der Waals surface area contributed by atoms with E-state index in [4.69, 9.17) is 0 Å². The smallest absolute Gasteiger partial charge is 0.126 e. The van der Waals surface area contributed by atoms with Gasteiger partial charge in [0, 0.05) is 16.8 Å². The summed E-state index contributed by atoms with van der Waals surface area (Å²) in [6, 6.07) is 24.7. The number of rotatable bonds is 7. The monoisotopic (exact) mass is 538 g/mol. The maximum Gasteiger partial charge on any atom is 0.126 e. The molecule has 0 aromatic heterocycles. The van der Waals surface area contributed by atoms with Gasteiger partial charge in [0.05, 0.1) is 6.04 Å². The first kappa shape index (κ1) is 28.2. The van der Waals surface area contributed by atoms with Crippen LogP contribution in [0, 0.1) is 6.92 Å². The van der Waals surface area contributed by atoms with E-state index < -0.39 is 0 Å². The van der Waals surface area contributed by atoms with Gasteiger partial charge in [0.15, 0.2) is 0 Å². The van der Waals surface area contributed by atoms with Gasteiger partial charge in [-0.05, 0) is 84.4 Å². The second-order valence-corrected chi connectivity index (χ2v) is 11.5. The van der Waals surface area contributed by atoms with E-state index in [-0.39, 0.29) is 17.6 Å². The maximum absolute atomic E-state index is 3.94. The number of anilines is 2. The molecule has 3 aromatic rings. The van der Waals surface area contributed by atoms with Crippen LogP contribution in [0.4, 0.5) is 11.4 Å². The van der Waals surface area contributed by atoms with Crippen LogP contribution in [0.1, 0.15) is 74.6 Å². The molecule has 0 amide bonds. The van der Waals surface area contributed by atoms with E-state index in [0.717, 1.165) is 5.57 Å². The van der Waals surface area contributed by atoms with Crippen LogP contribution in [0.2, 0.25) is 0 Å². The molecule has 2 nitrogen and oxygen atoms in total. The quantitative estimate of drug-likeness (QED) is 0.301. The van der Waals surface area contributed by atoms with Crippen molar-refractivity contribution >= 4 is 17.5 Å². The third-order valence-corrected chi connectivity index (χ3v) is 8.53. The highest BCUT2D eigenvalue weighted by molar-refractivity contribution is 5.74. The van der Waals surface area contributed by atoms with Crippen LogP contribution in [0.25, 0.3) is 6.08 Å². The van der Waals surface area contributed by atoms with Gasteiger partial charge >= 0.3 is 0 Å². The molecular formula is C39H42N2. The van der Waals surface area contributed by atoms with Gasteiger partial charge in [-0.2, -0.15) is 0 Å². The summed E-state index contributed by atoms with van der Waals surface area (Å²) < 4.78 is 0. The predicted octanol–water partition coefficient (Wildman–Crippen LogP) is 10.6. The van der Waals surface area contributed by atoms with Gasteiger partial charge in [-0.3, -0.25) is 0 Å². The second kappa shape index (κ2) is 11.7. The van der Waals surface area contributed by atoms with Gasteiger partial charge < -0.3 is 10.2 Å². The topological polar surface area (TPSA) is 15.3 Å². The summed E-state index contributed by atoms with van der Waals surface area (Å²) in [5, 5.41) is 3.90. The molecule has 0 bridgehead atoms. The lowest BCUT2D eigenvalue weighted by atomic mass is 9.79. The highest BCUT2D eigenvalue weighted by Crippen LogP contribution is 2.47. The van der Waals surface area contributed by atoms with E-state index in [9.17, 15) is 0 Å². The summed E-state index contributed by atoms with van der Waals surface area (Å²) in [6.45, 7) is 17.3. The van der Waals surface area contributed by atoms with Gasteiger partial charge in [0.25, 0.3) is 0 Å². The molecule has 3 aromatic carbocycles. The first-order valence-corrected chi connectivity index (χ1v) is 14.7. The third-order valence-electron chi connectivity index (χ3n) is 8.53. The van der Waals surface area contributed by atoms with E-state index in [2.05, 4.69) is 168 Å². The number of para-hydroxylation sites is 2. The van der Waals surface area contributed by atoms with Crippen molar-refractivity contribution in [3.05, 3.63) is 160 Å². The average molecular weight is 539 g/mol. The van der Waals surface area contributed by atoms with Gasteiger partial charge in [-0.25, -0.2) is 0 Å². The Morgan fingerprint density at radius 1 is 0.927 bits per heavy atom. The molecule has 0 radical (unpaired) electrons. The highest BCUT2D eigenvalue weighted by Gasteiger charge is 2.36. The van der Waals surface area contributed by atoms with Crippen molar-refractivity contribution in [3.8, 4) is 0 Å². The number of benzene rings is 3. The normalized spacial score (nSPS) is 20.1. The SMILES string of the molecule is C=C/C=C(\C=C/C)C(/C=C\C)=C/C1=Cc2ccc(C3Nc4ccccc4C(C)N3c3ccccc3C)cc2C1(C)C. The molecular weight excluding hydrogens is 496 g/mol. The molecule has 5 rings (SSSR count). The Labute approximate surface area is 246 Å². The zero-order valence-corrected chi connectivity index (χ0v) is 25.3. The molecule has 0 saturated carbocycles. The van der Waals surface area contributed by atoms with Crippen LogP contribution in [0.5, 0.6) is 0 Å². The van der Waals surface area contributed by atoms with Crippen molar-refractivity contribution in [3.63, 3.8) is 0 Å². The number of hydrogen-bond acceptors (Lipinski definition) is 2. The lowest BCUT2D eigenvalue weighted by molar-refractivity contribution is 0.570. The van der Waals surface area contributed by atoms with Crippen LogP contribution < -0.4 is 10.2 Å². The van der Waals surface area contributed by atoms with Crippen molar-refractivity contribution in [2.24, 2.45) is 0 Å². The van der Waals surface area contributed by atoms with Crippen LogP contribution in [-0.4, -0.2) is 0 Å². The molecule has 41 heavy (non-hydrogen) atoms. The zero-order chi connectivity index (χ0) is 29.1. The standard InChI is InChI=1S/C39H42N2/c1-8-15-29(16-9-2)30(17-10-3)24-33-25-31-22-23-32(26-35(31)39(33,6)7)38-40-36-20-13-12-19-34(36)28(5)41(38)37-21-14-11-18-27(37)4/h8-26,28,38,40H,1H2,2-7H3/b16-9-,17-10-,29-15+,30-24+. The molecule has 1 aliphatic carbocycles. The molecule has 0 fully saturated rings. The minimum atomic E-state index is -0.140. The molecule has 0 saturated heterocycles. The molecule has 1 N–H and O–H groups in total. The van der Waals surface area contributed by atoms with E-state index in [1.807, 2.05) is 6.08 Å². The molecule has 0 spiro atoms. The number of nitrogens with one attached hydrogen (secondary N) is 1. The molecule has 2 aliphatic rings. The van der Waals surface area contributed by atoms with E-state index in [1.165, 1.54) is 50.3 Å². The Hall–Kier alpha value is -4.30. The largest absolute Gasteiger partial charge is 0.361 e. The van der Waals surface area contributed by atoms with Crippen molar-refractivity contribution in [2.75, 3.05) is 10.2 Å². The first-order valence-electron chi connectivity index (χ1n) is 14.7. The minimum Gasteiger partial charge on any atom is -0.361 e. The van der Waals surface area contributed by atoms with Gasteiger partial charge in [-0.1, -0.05) is 124 Å². The highest BCUT2D eigenvalue weighted by atomic mass is 15.3. The fourth-order valence-electron chi connectivity index (χ4n) is 6.29. The van der Waals surface area contributed by atoms with Gasteiger partial charge in [-0.15, -0.1) is 0 Å². The Morgan fingerprint density at radius 3 is 2.37 bits per heavy atom. The van der Waals surface area contributed by atoms with E-state index in [0.29, 0.717) is 0 Å². The lowest BCUT2D eigenvalue weighted by Gasteiger charge is -2.45. The van der Waals surface area contributed by atoms with Crippen LogP contribution in [0.15, 0.2) is 133 Å². The van der Waals surface area contributed by atoms with Crippen molar-refractivity contribution < 1.29 is 0 Å². The fourth-order valence-corrected chi connectivity index (χ4v) is 6.29. The average Bonchev–Trinajstić information content (AvgIpc) is 3.21. The van der Waals surface area contributed by atoms with Crippen LogP contribution in [-0.2, 0) is 5.41 Å². The number of nitrogens with zero attached hydrogens (tertiary/aromatic N) is 1. The molecule has 2 heteroatoms. The summed E-state index contributed by atoms with van der Waals surface area (Å²) in [5.41, 5.74) is 12.5. The molecule has 1 aliphatic heterocycles. The summed E-state index contributed by atoms with van der Waals surface area (Å²) >= 11 is 0. The Morgan fingerprint density at radius 2 is 1.63 bits per heavy atom. The Balaban J connectivity index is 1.58. The van der Waals surface area contributed by atoms with Crippen LogP contribution >= 0.6 is 0 Å². The first-order chi connectivity index (χ1) is 19.8. The number of aryl methyl sites for hydroxylation is 1. The predicted molar refractivity (Wildman–Crippen MR) is 178 cm³/mol. The van der Waals surface area contributed by atoms with E-state index in [1.54, 1.807) is 0 Å². The number of fused-ring (bicyclic) bond motifs is 2. The van der Waals surface area contributed by atoms with Gasteiger partial charge in [0.2, 0.25) is 0 Å². The molecule has 1 heterocycles. The third kappa shape index (κ3) is 5.27. The van der Waals surface area contributed by atoms with Crippen molar-refractivity contribution in [1.29, 1.82) is 0 Å². The Kier molecular flexibility index (Phi) is 8.03. The zero-order valence-electron chi connectivity index (χ0n) is 25.3. The van der Waals surface area contributed by atoms with Gasteiger partial charge in [0.1, 0.15) is 6.17 Å². The fraction of sp³-hybridized carbons (Fsp3) is 0.231. The molecule has 2 unspecified atom stereocenters. The second-order valence-electron chi connectivity index (χ2n) is 11.5. The van der Waals surface area contributed by atoms with Crippen LogP contribution in [0.3, 0.4) is 0 Å². The minimum absolute atomic E-state index is 0.0112. The van der Waals surface area contributed by atoms with Crippen molar-refractivity contribution in [1.82, 2.24) is 0 Å².